The van der Waals surface area contributed by atoms with Crippen LogP contribution in [-0.2, 0) is 0 Å². The SMILES string of the molecule is CC/C=C/CCCCCCCC1N=CC[N+]1(CC)CCO. The van der Waals surface area contributed by atoms with Gasteiger partial charge in [0.15, 0.2) is 6.17 Å². The Hall–Kier alpha value is -0.670. The third-order valence-corrected chi connectivity index (χ3v) is 4.77. The van der Waals surface area contributed by atoms with Gasteiger partial charge in [0.25, 0.3) is 0 Å². The highest BCUT2D eigenvalue weighted by Crippen LogP contribution is 2.24. The molecule has 0 saturated carbocycles. The average Bonchev–Trinajstić information content (AvgIpc) is 2.89. The predicted molar refractivity (Wildman–Crippen MR) is 91.7 cm³/mol. The summed E-state index contributed by atoms with van der Waals surface area (Å²) >= 11 is 0. The molecule has 1 rings (SSSR count). The van der Waals surface area contributed by atoms with Crippen LogP contribution >= 0.6 is 0 Å². The third-order valence-electron chi connectivity index (χ3n) is 4.77. The standard InChI is InChI=1S/C18H35N2O/c1-3-5-6-7-8-9-10-11-12-13-18-19-14-15-20(18,4-2)16-17-21/h5-6,14,18,21H,3-4,7-13,15-17H2,1-2H3/q+1/b6-5+. The van der Waals surface area contributed by atoms with E-state index in [4.69, 9.17) is 0 Å². The van der Waals surface area contributed by atoms with Gasteiger partial charge in [-0.1, -0.05) is 38.3 Å². The van der Waals surface area contributed by atoms with Gasteiger partial charge in [-0.3, -0.25) is 4.48 Å². The van der Waals surface area contributed by atoms with Crippen molar-refractivity contribution in [2.45, 2.75) is 71.4 Å². The van der Waals surface area contributed by atoms with Crippen molar-refractivity contribution >= 4 is 6.21 Å². The van der Waals surface area contributed by atoms with Crippen LogP contribution in [-0.4, -0.2) is 48.2 Å². The maximum absolute atomic E-state index is 9.29. The molecule has 3 nitrogen and oxygen atoms in total. The number of quaternary nitrogens is 1. The van der Waals surface area contributed by atoms with Gasteiger partial charge in [-0.05, 0) is 32.6 Å². The van der Waals surface area contributed by atoms with Crippen LogP contribution in [0.15, 0.2) is 17.1 Å². The number of nitrogens with zero attached hydrogens (tertiary/aromatic N) is 2. The molecule has 0 aliphatic carbocycles. The van der Waals surface area contributed by atoms with Gasteiger partial charge in [0.2, 0.25) is 0 Å². The zero-order valence-corrected chi connectivity index (χ0v) is 14.1. The molecule has 0 amide bonds. The summed E-state index contributed by atoms with van der Waals surface area (Å²) in [6.07, 6.45) is 17.3. The molecule has 0 fully saturated rings. The molecule has 2 atom stereocenters. The Morgan fingerprint density at radius 3 is 2.62 bits per heavy atom. The van der Waals surface area contributed by atoms with Gasteiger partial charge < -0.3 is 5.11 Å². The third kappa shape index (κ3) is 6.31. The van der Waals surface area contributed by atoms with Crippen molar-refractivity contribution < 1.29 is 9.59 Å². The molecule has 2 unspecified atom stereocenters. The van der Waals surface area contributed by atoms with Crippen LogP contribution in [0.4, 0.5) is 0 Å². The number of hydrogen-bond acceptors (Lipinski definition) is 2. The zero-order chi connectivity index (χ0) is 15.4. The van der Waals surface area contributed by atoms with E-state index in [9.17, 15) is 5.11 Å². The molecule has 0 spiro atoms. The number of aliphatic hydroxyl groups is 1. The fourth-order valence-electron chi connectivity index (χ4n) is 3.28. The average molecular weight is 295 g/mol. The molecule has 3 heteroatoms. The minimum atomic E-state index is 0.277. The molecule has 122 valence electrons. The van der Waals surface area contributed by atoms with E-state index in [1.165, 1.54) is 44.9 Å². The smallest absolute Gasteiger partial charge is 0.182 e. The van der Waals surface area contributed by atoms with E-state index < -0.39 is 0 Å². The van der Waals surface area contributed by atoms with Gasteiger partial charge in [-0.15, -0.1) is 0 Å². The summed E-state index contributed by atoms with van der Waals surface area (Å²) in [4.78, 5) is 4.67. The number of likely N-dealkylation sites (N-methyl/N-ethyl adjacent to an activating group) is 1. The lowest BCUT2D eigenvalue weighted by atomic mass is 10.1. The molecule has 0 saturated heterocycles. The topological polar surface area (TPSA) is 32.6 Å². The fraction of sp³-hybridized carbons (Fsp3) is 0.833. The minimum Gasteiger partial charge on any atom is -0.391 e. The van der Waals surface area contributed by atoms with E-state index in [1.54, 1.807) is 0 Å². The maximum atomic E-state index is 9.29. The highest BCUT2D eigenvalue weighted by Gasteiger charge is 2.36. The van der Waals surface area contributed by atoms with E-state index in [0.29, 0.717) is 6.17 Å². The van der Waals surface area contributed by atoms with Crippen molar-refractivity contribution in [2.75, 3.05) is 26.2 Å². The largest absolute Gasteiger partial charge is 0.391 e. The van der Waals surface area contributed by atoms with Crippen molar-refractivity contribution in [3.63, 3.8) is 0 Å². The molecule has 0 aromatic heterocycles. The van der Waals surface area contributed by atoms with Crippen LogP contribution < -0.4 is 0 Å². The molecule has 1 heterocycles. The molecule has 0 bridgehead atoms. The highest BCUT2D eigenvalue weighted by molar-refractivity contribution is 5.60. The van der Waals surface area contributed by atoms with Crippen molar-refractivity contribution in [1.82, 2.24) is 0 Å². The van der Waals surface area contributed by atoms with E-state index in [0.717, 1.165) is 30.5 Å². The second kappa shape index (κ2) is 11.0. The van der Waals surface area contributed by atoms with Crippen molar-refractivity contribution in [1.29, 1.82) is 0 Å². The molecule has 0 radical (unpaired) electrons. The van der Waals surface area contributed by atoms with Crippen LogP contribution in [0.5, 0.6) is 0 Å². The van der Waals surface area contributed by atoms with Gasteiger partial charge in [0, 0.05) is 6.42 Å². The summed E-state index contributed by atoms with van der Waals surface area (Å²) in [5, 5.41) is 9.29. The summed E-state index contributed by atoms with van der Waals surface area (Å²) < 4.78 is 0.971. The fourth-order valence-corrected chi connectivity index (χ4v) is 3.28. The number of unbranched alkanes of at least 4 members (excludes halogenated alkanes) is 5. The van der Waals surface area contributed by atoms with Crippen molar-refractivity contribution in [3.05, 3.63) is 12.2 Å². The molecule has 0 aromatic carbocycles. The zero-order valence-electron chi connectivity index (χ0n) is 14.1. The van der Waals surface area contributed by atoms with Crippen LogP contribution in [0.1, 0.15) is 65.2 Å². The van der Waals surface area contributed by atoms with Gasteiger partial charge in [-0.2, -0.15) is 0 Å². The lowest BCUT2D eigenvalue weighted by Gasteiger charge is -2.37. The second-order valence-corrected chi connectivity index (χ2v) is 6.20. The Labute approximate surface area is 131 Å². The van der Waals surface area contributed by atoms with Crippen LogP contribution in [0, 0.1) is 0 Å². The van der Waals surface area contributed by atoms with Crippen LogP contribution in [0.3, 0.4) is 0 Å². The van der Waals surface area contributed by atoms with Crippen LogP contribution in [0.2, 0.25) is 0 Å². The first-order valence-electron chi connectivity index (χ1n) is 8.92. The molecular weight excluding hydrogens is 260 g/mol. The van der Waals surface area contributed by atoms with Gasteiger partial charge in [0.05, 0.1) is 19.4 Å². The Morgan fingerprint density at radius 1 is 1.14 bits per heavy atom. The van der Waals surface area contributed by atoms with Crippen molar-refractivity contribution in [3.8, 4) is 0 Å². The highest BCUT2D eigenvalue weighted by atomic mass is 16.3. The molecule has 0 aromatic rings. The van der Waals surface area contributed by atoms with E-state index in [2.05, 4.69) is 37.2 Å². The molecule has 1 aliphatic rings. The Balaban J connectivity index is 2.11. The predicted octanol–water partition coefficient (Wildman–Crippen LogP) is 3.92. The Kier molecular flexibility index (Phi) is 9.60. The molecule has 1 N–H and O–H groups in total. The molecule has 21 heavy (non-hydrogen) atoms. The first-order chi connectivity index (χ1) is 10.3. The lowest BCUT2D eigenvalue weighted by Crippen LogP contribution is -2.53. The minimum absolute atomic E-state index is 0.277. The van der Waals surface area contributed by atoms with E-state index in [1.807, 2.05) is 0 Å². The number of rotatable bonds is 12. The molecular formula is C18H35N2O+. The Morgan fingerprint density at radius 2 is 1.90 bits per heavy atom. The van der Waals surface area contributed by atoms with Gasteiger partial charge in [-0.25, -0.2) is 4.99 Å². The summed E-state index contributed by atoms with van der Waals surface area (Å²) in [6, 6.07) is 0. The van der Waals surface area contributed by atoms with Crippen molar-refractivity contribution in [2.24, 2.45) is 4.99 Å². The number of hydrogen-bond donors (Lipinski definition) is 1. The maximum Gasteiger partial charge on any atom is 0.182 e. The quantitative estimate of drug-likeness (QED) is 0.330. The number of aliphatic hydroxyl groups excluding tert-OH is 1. The van der Waals surface area contributed by atoms with E-state index >= 15 is 0 Å². The number of allylic oxidation sites excluding steroid dienone is 2. The summed E-state index contributed by atoms with van der Waals surface area (Å²) in [7, 11) is 0. The number of aliphatic imine (C=N–C) groups is 1. The van der Waals surface area contributed by atoms with E-state index in [-0.39, 0.29) is 6.61 Å². The first-order valence-corrected chi connectivity index (χ1v) is 8.92. The monoisotopic (exact) mass is 295 g/mol. The summed E-state index contributed by atoms with van der Waals surface area (Å²) in [5.41, 5.74) is 0. The van der Waals surface area contributed by atoms with Gasteiger partial charge >= 0.3 is 0 Å². The van der Waals surface area contributed by atoms with Gasteiger partial charge in [0.1, 0.15) is 13.1 Å². The summed E-state index contributed by atoms with van der Waals surface area (Å²) in [5.74, 6) is 0. The molecule has 1 aliphatic heterocycles. The second-order valence-electron chi connectivity index (χ2n) is 6.20. The lowest BCUT2D eigenvalue weighted by molar-refractivity contribution is -0.936. The normalized spacial score (nSPS) is 25.2. The Bertz CT molecular complexity index is 314. The first kappa shape index (κ1) is 18.4. The van der Waals surface area contributed by atoms with Crippen LogP contribution in [0.25, 0.3) is 0 Å². The summed E-state index contributed by atoms with van der Waals surface area (Å²) in [6.45, 7) is 7.62.